The average Bonchev–Trinajstić information content (AvgIpc) is 2.40. The van der Waals surface area contributed by atoms with Gasteiger partial charge in [-0.15, -0.1) is 0 Å². The van der Waals surface area contributed by atoms with Crippen LogP contribution in [0.15, 0.2) is 30.3 Å². The third kappa shape index (κ3) is 4.35. The summed E-state index contributed by atoms with van der Waals surface area (Å²) in [6.07, 6.45) is 2.99. The summed E-state index contributed by atoms with van der Waals surface area (Å²) in [7, 11) is 0. The number of rotatable bonds is 7. The van der Waals surface area contributed by atoms with Gasteiger partial charge >= 0.3 is 0 Å². The molecule has 0 aliphatic rings. The normalized spacial score (nSPS) is 13.9. The molecular formula is C14H22N2OS. The summed E-state index contributed by atoms with van der Waals surface area (Å²) in [5, 5.41) is 3.08. The van der Waals surface area contributed by atoms with Crippen molar-refractivity contribution in [3.8, 4) is 0 Å². The van der Waals surface area contributed by atoms with Gasteiger partial charge in [0.1, 0.15) is 0 Å². The lowest BCUT2D eigenvalue weighted by Crippen LogP contribution is -2.41. The van der Waals surface area contributed by atoms with Crippen molar-refractivity contribution in [2.24, 2.45) is 5.73 Å². The highest BCUT2D eigenvalue weighted by atomic mass is 32.2. The summed E-state index contributed by atoms with van der Waals surface area (Å²) >= 11 is 1.75. The van der Waals surface area contributed by atoms with Gasteiger partial charge in [0, 0.05) is 18.3 Å². The molecule has 1 aromatic rings. The fourth-order valence-electron chi connectivity index (χ4n) is 1.84. The van der Waals surface area contributed by atoms with Crippen LogP contribution in [0.4, 0.5) is 0 Å². The highest BCUT2D eigenvalue weighted by Gasteiger charge is 2.20. The first-order chi connectivity index (χ1) is 8.72. The van der Waals surface area contributed by atoms with Crippen molar-refractivity contribution in [1.29, 1.82) is 0 Å². The molecule has 3 N–H and O–H groups in total. The molecule has 0 heterocycles. The van der Waals surface area contributed by atoms with Gasteiger partial charge in [-0.2, -0.15) is 11.8 Å². The van der Waals surface area contributed by atoms with Crippen LogP contribution in [0.2, 0.25) is 0 Å². The molecule has 0 bridgehead atoms. The van der Waals surface area contributed by atoms with Crippen LogP contribution in [0.3, 0.4) is 0 Å². The average molecular weight is 266 g/mol. The Morgan fingerprint density at radius 2 is 2.06 bits per heavy atom. The van der Waals surface area contributed by atoms with Crippen LogP contribution in [0.25, 0.3) is 0 Å². The first-order valence-electron chi connectivity index (χ1n) is 6.27. The van der Waals surface area contributed by atoms with Crippen molar-refractivity contribution < 1.29 is 4.79 Å². The van der Waals surface area contributed by atoms with Crippen LogP contribution in [0.5, 0.6) is 0 Å². The largest absolute Gasteiger partial charge is 0.352 e. The molecule has 0 spiro atoms. The van der Waals surface area contributed by atoms with Gasteiger partial charge in [-0.25, -0.2) is 0 Å². The van der Waals surface area contributed by atoms with Crippen LogP contribution < -0.4 is 11.1 Å². The predicted octanol–water partition coefficient (Wildman–Crippen LogP) is 1.99. The van der Waals surface area contributed by atoms with E-state index in [-0.39, 0.29) is 17.9 Å². The molecule has 4 heteroatoms. The molecule has 0 fully saturated rings. The zero-order valence-electron chi connectivity index (χ0n) is 11.1. The third-order valence-electron chi connectivity index (χ3n) is 2.96. The summed E-state index contributed by atoms with van der Waals surface area (Å²) in [5.41, 5.74) is 6.71. The minimum atomic E-state index is -0.248. The van der Waals surface area contributed by atoms with E-state index in [2.05, 4.69) is 12.2 Å². The maximum atomic E-state index is 12.2. The molecule has 0 aliphatic carbocycles. The summed E-state index contributed by atoms with van der Waals surface area (Å²) in [6, 6.07) is 9.94. The monoisotopic (exact) mass is 266 g/mol. The molecular weight excluding hydrogens is 244 g/mol. The van der Waals surface area contributed by atoms with Gasteiger partial charge in [0.05, 0.1) is 5.92 Å². The highest BCUT2D eigenvalue weighted by Crippen LogP contribution is 2.15. The van der Waals surface area contributed by atoms with Gasteiger partial charge in [-0.3, -0.25) is 4.79 Å². The van der Waals surface area contributed by atoms with E-state index >= 15 is 0 Å². The number of hydrogen-bond donors (Lipinski definition) is 2. The zero-order chi connectivity index (χ0) is 13.4. The van der Waals surface area contributed by atoms with Crippen LogP contribution in [0.1, 0.15) is 24.8 Å². The van der Waals surface area contributed by atoms with E-state index < -0.39 is 0 Å². The lowest BCUT2D eigenvalue weighted by molar-refractivity contribution is -0.122. The number of hydrogen-bond acceptors (Lipinski definition) is 3. The number of thioether (sulfide) groups is 1. The van der Waals surface area contributed by atoms with Crippen LogP contribution in [-0.4, -0.2) is 30.5 Å². The summed E-state index contributed by atoms with van der Waals surface area (Å²) in [5.74, 6) is 0.723. The molecule has 100 valence electrons. The van der Waals surface area contributed by atoms with Gasteiger partial charge < -0.3 is 11.1 Å². The molecule has 1 aromatic carbocycles. The van der Waals surface area contributed by atoms with E-state index in [1.54, 1.807) is 11.8 Å². The Labute approximate surface area is 114 Å². The summed E-state index contributed by atoms with van der Waals surface area (Å²) in [4.78, 5) is 12.2. The van der Waals surface area contributed by atoms with Crippen molar-refractivity contribution in [3.05, 3.63) is 35.9 Å². The van der Waals surface area contributed by atoms with Crippen LogP contribution >= 0.6 is 11.8 Å². The second-order valence-corrected chi connectivity index (χ2v) is 5.18. The van der Waals surface area contributed by atoms with E-state index in [1.807, 2.05) is 36.6 Å². The van der Waals surface area contributed by atoms with E-state index in [4.69, 9.17) is 5.73 Å². The lowest BCUT2D eigenvalue weighted by atomic mass is 9.98. The molecule has 0 saturated carbocycles. The maximum Gasteiger partial charge on any atom is 0.229 e. The van der Waals surface area contributed by atoms with Crippen molar-refractivity contribution in [3.63, 3.8) is 0 Å². The lowest BCUT2D eigenvalue weighted by Gasteiger charge is -2.20. The summed E-state index contributed by atoms with van der Waals surface area (Å²) in [6.45, 7) is 2.42. The number of nitrogens with two attached hydrogens (primary N) is 1. The molecule has 2 atom stereocenters. The second kappa shape index (κ2) is 8.16. The standard InChI is InChI=1S/C14H22N2OS/c1-3-12(10-18-2)16-14(17)13(9-15)11-7-5-4-6-8-11/h4-8,12-13H,3,9-10,15H2,1-2H3,(H,16,17). The van der Waals surface area contributed by atoms with E-state index in [0.29, 0.717) is 6.54 Å². The molecule has 2 unspecified atom stereocenters. The molecule has 3 nitrogen and oxygen atoms in total. The van der Waals surface area contributed by atoms with Gasteiger partial charge in [-0.1, -0.05) is 37.3 Å². The molecule has 0 saturated heterocycles. The van der Waals surface area contributed by atoms with E-state index in [1.165, 1.54) is 0 Å². The number of nitrogens with one attached hydrogen (secondary N) is 1. The fourth-order valence-corrected chi connectivity index (χ4v) is 2.57. The van der Waals surface area contributed by atoms with Gasteiger partial charge in [0.15, 0.2) is 0 Å². The first kappa shape index (κ1) is 15.1. The fraction of sp³-hybridized carbons (Fsp3) is 0.500. The Bertz CT molecular complexity index is 356. The second-order valence-electron chi connectivity index (χ2n) is 4.27. The van der Waals surface area contributed by atoms with E-state index in [0.717, 1.165) is 17.7 Å². The molecule has 1 amide bonds. The van der Waals surface area contributed by atoms with Crippen molar-refractivity contribution in [2.45, 2.75) is 25.3 Å². The SMILES string of the molecule is CCC(CSC)NC(=O)C(CN)c1ccccc1. The van der Waals surface area contributed by atoms with E-state index in [9.17, 15) is 4.79 Å². The van der Waals surface area contributed by atoms with Crippen molar-refractivity contribution in [2.75, 3.05) is 18.6 Å². The smallest absolute Gasteiger partial charge is 0.229 e. The van der Waals surface area contributed by atoms with Gasteiger partial charge in [0.25, 0.3) is 0 Å². The van der Waals surface area contributed by atoms with Gasteiger partial charge in [0.2, 0.25) is 5.91 Å². The maximum absolute atomic E-state index is 12.2. The highest BCUT2D eigenvalue weighted by molar-refractivity contribution is 7.98. The molecule has 0 radical (unpaired) electrons. The van der Waals surface area contributed by atoms with Crippen LogP contribution in [-0.2, 0) is 4.79 Å². The van der Waals surface area contributed by atoms with Crippen LogP contribution in [0, 0.1) is 0 Å². The Kier molecular flexibility index (Phi) is 6.83. The van der Waals surface area contributed by atoms with Gasteiger partial charge in [-0.05, 0) is 18.2 Å². The number of benzene rings is 1. The number of carbonyl (C=O) groups is 1. The summed E-state index contributed by atoms with van der Waals surface area (Å²) < 4.78 is 0. The Morgan fingerprint density at radius 3 is 2.56 bits per heavy atom. The Morgan fingerprint density at radius 1 is 1.39 bits per heavy atom. The Balaban J connectivity index is 2.68. The minimum Gasteiger partial charge on any atom is -0.352 e. The number of carbonyl (C=O) groups excluding carboxylic acids is 1. The minimum absolute atomic E-state index is 0.0320. The topological polar surface area (TPSA) is 55.1 Å². The number of amides is 1. The predicted molar refractivity (Wildman–Crippen MR) is 78.8 cm³/mol. The third-order valence-corrected chi connectivity index (χ3v) is 3.70. The van der Waals surface area contributed by atoms with Crippen molar-refractivity contribution >= 4 is 17.7 Å². The Hall–Kier alpha value is -1.00. The first-order valence-corrected chi connectivity index (χ1v) is 7.66. The molecule has 0 aliphatic heterocycles. The van der Waals surface area contributed by atoms with Crippen molar-refractivity contribution in [1.82, 2.24) is 5.32 Å². The molecule has 0 aromatic heterocycles. The molecule has 1 rings (SSSR count). The quantitative estimate of drug-likeness (QED) is 0.793. The molecule has 18 heavy (non-hydrogen) atoms. The zero-order valence-corrected chi connectivity index (χ0v) is 11.9.